The molecule has 2 heterocycles. The van der Waals surface area contributed by atoms with Gasteiger partial charge in [-0.05, 0) is 68.8 Å². The van der Waals surface area contributed by atoms with Gasteiger partial charge in [0, 0.05) is 10.6 Å². The van der Waals surface area contributed by atoms with Gasteiger partial charge in [-0.1, -0.05) is 29.8 Å². The topological polar surface area (TPSA) is 88.8 Å². The molecular weight excluding hydrogens is 444 g/mol. The molecule has 3 aromatic rings. The van der Waals surface area contributed by atoms with E-state index >= 15 is 0 Å². The van der Waals surface area contributed by atoms with Crippen LogP contribution in [-0.2, 0) is 14.3 Å². The summed E-state index contributed by atoms with van der Waals surface area (Å²) in [7, 11) is 0. The van der Waals surface area contributed by atoms with Gasteiger partial charge in [0.25, 0.3) is 11.8 Å². The van der Waals surface area contributed by atoms with E-state index in [1.54, 1.807) is 68.4 Å². The van der Waals surface area contributed by atoms with E-state index in [9.17, 15) is 14.4 Å². The van der Waals surface area contributed by atoms with E-state index in [2.05, 4.69) is 5.43 Å². The van der Waals surface area contributed by atoms with Gasteiger partial charge in [0.1, 0.15) is 17.1 Å². The quantitative estimate of drug-likeness (QED) is 0.328. The molecule has 1 aromatic heterocycles. The molecule has 4 rings (SSSR count). The van der Waals surface area contributed by atoms with Crippen molar-refractivity contribution in [2.24, 2.45) is 0 Å². The fourth-order valence-electron chi connectivity index (χ4n) is 3.24. The SMILES string of the molecule is Cc1ccc(N2NC(=O)/C(=C\c3ccc(-c4ccc(C(=O)OC(C)C)cc4)o3)C2=O)cc1Cl. The summed E-state index contributed by atoms with van der Waals surface area (Å²) in [5.41, 5.74) is 4.98. The van der Waals surface area contributed by atoms with Gasteiger partial charge >= 0.3 is 5.97 Å². The minimum Gasteiger partial charge on any atom is -0.459 e. The number of hydrogen-bond acceptors (Lipinski definition) is 5. The van der Waals surface area contributed by atoms with Gasteiger partial charge in [-0.3, -0.25) is 15.0 Å². The van der Waals surface area contributed by atoms with Crippen LogP contribution in [0, 0.1) is 6.92 Å². The average molecular weight is 465 g/mol. The number of aryl methyl sites for hydroxylation is 1. The lowest BCUT2D eigenvalue weighted by atomic mass is 10.1. The minimum atomic E-state index is -0.539. The van der Waals surface area contributed by atoms with Crippen molar-refractivity contribution in [2.75, 3.05) is 5.01 Å². The summed E-state index contributed by atoms with van der Waals surface area (Å²) in [5.74, 6) is -0.575. The molecule has 0 bridgehead atoms. The molecule has 0 atom stereocenters. The number of ether oxygens (including phenoxy) is 1. The Balaban J connectivity index is 1.53. The number of nitrogens with one attached hydrogen (secondary N) is 1. The van der Waals surface area contributed by atoms with Gasteiger partial charge in [-0.25, -0.2) is 9.80 Å². The van der Waals surface area contributed by atoms with Crippen molar-refractivity contribution in [3.8, 4) is 11.3 Å². The van der Waals surface area contributed by atoms with Gasteiger partial charge < -0.3 is 9.15 Å². The van der Waals surface area contributed by atoms with Gasteiger partial charge in [0.15, 0.2) is 0 Å². The molecule has 1 N–H and O–H groups in total. The van der Waals surface area contributed by atoms with E-state index in [0.717, 1.165) is 16.1 Å². The number of furan rings is 1. The maximum absolute atomic E-state index is 12.8. The van der Waals surface area contributed by atoms with Crippen molar-refractivity contribution in [1.82, 2.24) is 5.43 Å². The second kappa shape index (κ2) is 8.96. The molecule has 33 heavy (non-hydrogen) atoms. The highest BCUT2D eigenvalue weighted by atomic mass is 35.5. The first-order valence-electron chi connectivity index (χ1n) is 10.3. The van der Waals surface area contributed by atoms with Crippen molar-refractivity contribution >= 4 is 41.1 Å². The molecule has 0 unspecified atom stereocenters. The number of hydrogen-bond donors (Lipinski definition) is 1. The summed E-state index contributed by atoms with van der Waals surface area (Å²) in [6.45, 7) is 5.42. The third kappa shape index (κ3) is 4.68. The van der Waals surface area contributed by atoms with Gasteiger partial charge in [-0.2, -0.15) is 0 Å². The number of anilines is 1. The monoisotopic (exact) mass is 464 g/mol. The maximum Gasteiger partial charge on any atom is 0.338 e. The minimum absolute atomic E-state index is 0.0561. The van der Waals surface area contributed by atoms with Crippen molar-refractivity contribution in [2.45, 2.75) is 26.9 Å². The highest BCUT2D eigenvalue weighted by Gasteiger charge is 2.35. The van der Waals surface area contributed by atoms with Crippen LogP contribution in [0.4, 0.5) is 5.69 Å². The Morgan fingerprint density at radius 1 is 1.09 bits per heavy atom. The first-order chi connectivity index (χ1) is 15.7. The number of halogens is 1. The second-order valence-electron chi connectivity index (χ2n) is 7.81. The maximum atomic E-state index is 12.8. The van der Waals surface area contributed by atoms with Crippen LogP contribution in [0.15, 0.2) is 64.6 Å². The second-order valence-corrected chi connectivity index (χ2v) is 8.21. The zero-order valence-corrected chi connectivity index (χ0v) is 19.0. The molecule has 2 aromatic carbocycles. The first kappa shape index (κ1) is 22.4. The van der Waals surface area contributed by atoms with Gasteiger partial charge in [0.05, 0.1) is 17.4 Å². The Hall–Kier alpha value is -3.84. The Labute approximate surface area is 195 Å². The molecule has 1 fully saturated rings. The molecule has 1 saturated heterocycles. The number of benzene rings is 2. The molecule has 168 valence electrons. The highest BCUT2D eigenvalue weighted by Crippen LogP contribution is 2.28. The predicted molar refractivity (Wildman–Crippen MR) is 124 cm³/mol. The number of esters is 1. The zero-order valence-electron chi connectivity index (χ0n) is 18.2. The third-order valence-corrected chi connectivity index (χ3v) is 5.37. The summed E-state index contributed by atoms with van der Waals surface area (Å²) in [4.78, 5) is 37.2. The largest absolute Gasteiger partial charge is 0.459 e. The van der Waals surface area contributed by atoms with E-state index in [1.807, 2.05) is 6.92 Å². The Morgan fingerprint density at radius 3 is 2.48 bits per heavy atom. The van der Waals surface area contributed by atoms with E-state index in [4.69, 9.17) is 20.8 Å². The van der Waals surface area contributed by atoms with Crippen molar-refractivity contribution in [1.29, 1.82) is 0 Å². The number of carbonyl (C=O) groups excluding carboxylic acids is 3. The Bertz CT molecular complexity index is 1270. The van der Waals surface area contributed by atoms with Crippen LogP contribution < -0.4 is 10.4 Å². The summed E-state index contributed by atoms with van der Waals surface area (Å²) < 4.78 is 11.0. The fraction of sp³-hybridized carbons (Fsp3) is 0.160. The molecule has 0 saturated carbocycles. The number of hydrazine groups is 1. The lowest BCUT2D eigenvalue weighted by Crippen LogP contribution is -2.35. The molecule has 7 nitrogen and oxygen atoms in total. The molecular formula is C25H21ClN2O5. The van der Waals surface area contributed by atoms with Crippen molar-refractivity contribution < 1.29 is 23.5 Å². The Kier molecular flexibility index (Phi) is 6.07. The number of carbonyl (C=O) groups is 3. The van der Waals surface area contributed by atoms with Crippen molar-refractivity contribution in [3.63, 3.8) is 0 Å². The zero-order chi connectivity index (χ0) is 23.7. The van der Waals surface area contributed by atoms with E-state index in [0.29, 0.717) is 27.8 Å². The standard InChI is InChI=1S/C25H21ClN2O5/c1-14(2)32-25(31)17-7-5-16(6-8-17)22-11-10-19(33-22)13-20-23(29)27-28(24(20)30)18-9-4-15(3)21(26)12-18/h4-14H,1-3H3,(H,27,29)/b20-13+. The van der Waals surface area contributed by atoms with Crippen LogP contribution in [0.25, 0.3) is 17.4 Å². The van der Waals surface area contributed by atoms with Gasteiger partial charge in [0.2, 0.25) is 0 Å². The molecule has 0 radical (unpaired) electrons. The van der Waals surface area contributed by atoms with Crippen molar-refractivity contribution in [3.05, 3.63) is 82.1 Å². The normalized spacial score (nSPS) is 14.8. The van der Waals surface area contributed by atoms with Crippen LogP contribution in [0.2, 0.25) is 5.02 Å². The number of nitrogens with zero attached hydrogens (tertiary/aromatic N) is 1. The van der Waals surface area contributed by atoms with E-state index < -0.39 is 17.8 Å². The summed E-state index contributed by atoms with van der Waals surface area (Å²) in [6.07, 6.45) is 1.19. The lowest BCUT2D eigenvalue weighted by Gasteiger charge is -2.15. The summed E-state index contributed by atoms with van der Waals surface area (Å²) >= 11 is 6.15. The molecule has 1 aliphatic heterocycles. The van der Waals surface area contributed by atoms with Gasteiger partial charge in [-0.15, -0.1) is 0 Å². The van der Waals surface area contributed by atoms with Crippen LogP contribution in [-0.4, -0.2) is 23.9 Å². The van der Waals surface area contributed by atoms with Crippen LogP contribution in [0.1, 0.15) is 35.5 Å². The predicted octanol–water partition coefficient (Wildman–Crippen LogP) is 4.94. The summed E-state index contributed by atoms with van der Waals surface area (Å²) in [6, 6.07) is 15.3. The molecule has 1 aliphatic rings. The fourth-order valence-corrected chi connectivity index (χ4v) is 3.42. The molecule has 2 amide bonds. The van der Waals surface area contributed by atoms with Crippen LogP contribution >= 0.6 is 11.6 Å². The molecule has 8 heteroatoms. The number of rotatable bonds is 5. The Morgan fingerprint density at radius 2 is 1.82 bits per heavy atom. The smallest absolute Gasteiger partial charge is 0.338 e. The summed E-state index contributed by atoms with van der Waals surface area (Å²) in [5, 5.41) is 1.64. The van der Waals surface area contributed by atoms with Crippen LogP contribution in [0.3, 0.4) is 0 Å². The molecule has 0 spiro atoms. The molecule has 0 aliphatic carbocycles. The first-order valence-corrected chi connectivity index (χ1v) is 10.7. The lowest BCUT2D eigenvalue weighted by molar-refractivity contribution is -0.117. The average Bonchev–Trinajstić information content (AvgIpc) is 3.36. The van der Waals surface area contributed by atoms with Crippen LogP contribution in [0.5, 0.6) is 0 Å². The third-order valence-electron chi connectivity index (χ3n) is 4.97. The van der Waals surface area contributed by atoms with E-state index in [-0.39, 0.29) is 11.7 Å². The highest BCUT2D eigenvalue weighted by molar-refractivity contribution is 6.33. The van der Waals surface area contributed by atoms with E-state index in [1.165, 1.54) is 6.08 Å². The number of amides is 2.